The molecular weight excluding hydrogens is 258 g/mol. The zero-order chi connectivity index (χ0) is 14.7. The van der Waals surface area contributed by atoms with Gasteiger partial charge in [0.1, 0.15) is 0 Å². The first-order chi connectivity index (χ1) is 10.2. The SMILES string of the molecule is Cc1ccccc1CCC(N)C1CCOC2(CCCC2)C1. The van der Waals surface area contributed by atoms with Crippen molar-refractivity contribution in [2.24, 2.45) is 11.7 Å². The summed E-state index contributed by atoms with van der Waals surface area (Å²) < 4.78 is 6.13. The summed E-state index contributed by atoms with van der Waals surface area (Å²) in [7, 11) is 0. The van der Waals surface area contributed by atoms with Gasteiger partial charge >= 0.3 is 0 Å². The molecule has 2 aliphatic rings. The van der Waals surface area contributed by atoms with E-state index in [-0.39, 0.29) is 5.60 Å². The van der Waals surface area contributed by atoms with Crippen LogP contribution in [0.4, 0.5) is 0 Å². The summed E-state index contributed by atoms with van der Waals surface area (Å²) in [5.41, 5.74) is 9.59. The van der Waals surface area contributed by atoms with Gasteiger partial charge in [-0.1, -0.05) is 37.1 Å². The van der Waals surface area contributed by atoms with Crippen molar-refractivity contribution in [3.63, 3.8) is 0 Å². The van der Waals surface area contributed by atoms with E-state index in [0.717, 1.165) is 25.9 Å². The molecule has 1 heterocycles. The van der Waals surface area contributed by atoms with Crippen LogP contribution < -0.4 is 5.73 Å². The summed E-state index contributed by atoms with van der Waals surface area (Å²) in [5.74, 6) is 0.654. The third-order valence-electron chi connectivity index (χ3n) is 5.66. The highest BCUT2D eigenvalue weighted by molar-refractivity contribution is 5.25. The lowest BCUT2D eigenvalue weighted by Gasteiger charge is -2.40. The summed E-state index contributed by atoms with van der Waals surface area (Å²) in [6, 6.07) is 9.01. The van der Waals surface area contributed by atoms with E-state index in [1.807, 2.05) is 0 Å². The molecule has 2 fully saturated rings. The Morgan fingerprint density at radius 3 is 2.81 bits per heavy atom. The molecule has 21 heavy (non-hydrogen) atoms. The summed E-state index contributed by atoms with van der Waals surface area (Å²) >= 11 is 0. The van der Waals surface area contributed by atoms with Gasteiger partial charge in [-0.2, -0.15) is 0 Å². The second-order valence-electron chi connectivity index (χ2n) is 7.12. The van der Waals surface area contributed by atoms with E-state index in [0.29, 0.717) is 12.0 Å². The number of ether oxygens (including phenoxy) is 1. The van der Waals surface area contributed by atoms with E-state index in [1.54, 1.807) is 0 Å². The van der Waals surface area contributed by atoms with Crippen LogP contribution in [0.25, 0.3) is 0 Å². The third-order valence-corrected chi connectivity index (χ3v) is 5.66. The van der Waals surface area contributed by atoms with Gasteiger partial charge in [0.25, 0.3) is 0 Å². The van der Waals surface area contributed by atoms with Crippen LogP contribution in [0.15, 0.2) is 24.3 Å². The van der Waals surface area contributed by atoms with Gasteiger partial charge in [-0.15, -0.1) is 0 Å². The average Bonchev–Trinajstić information content (AvgIpc) is 2.94. The largest absolute Gasteiger partial charge is 0.375 e. The fourth-order valence-electron chi connectivity index (χ4n) is 4.25. The highest BCUT2D eigenvalue weighted by Gasteiger charge is 2.41. The van der Waals surface area contributed by atoms with E-state index in [1.165, 1.54) is 43.2 Å². The Morgan fingerprint density at radius 2 is 2.05 bits per heavy atom. The molecule has 1 saturated heterocycles. The van der Waals surface area contributed by atoms with E-state index < -0.39 is 0 Å². The Morgan fingerprint density at radius 1 is 1.29 bits per heavy atom. The molecule has 0 aromatic heterocycles. The number of benzene rings is 1. The molecule has 0 radical (unpaired) electrons. The standard InChI is InChI=1S/C19H29NO/c1-15-6-2-3-7-16(15)8-9-18(20)17-10-13-21-19(14-17)11-4-5-12-19/h2-3,6-7,17-18H,4-5,8-14,20H2,1H3. The number of rotatable bonds is 4. The van der Waals surface area contributed by atoms with Crippen molar-refractivity contribution in [2.45, 2.75) is 69.9 Å². The Kier molecular flexibility index (Phi) is 4.66. The first-order valence-corrected chi connectivity index (χ1v) is 8.63. The second kappa shape index (κ2) is 6.50. The lowest BCUT2D eigenvalue weighted by Crippen LogP contribution is -2.44. The highest BCUT2D eigenvalue weighted by Crippen LogP contribution is 2.43. The Labute approximate surface area is 129 Å². The quantitative estimate of drug-likeness (QED) is 0.908. The third kappa shape index (κ3) is 3.49. The molecular formula is C19H29NO. The molecule has 3 rings (SSSR count). The summed E-state index contributed by atoms with van der Waals surface area (Å²) in [4.78, 5) is 0. The smallest absolute Gasteiger partial charge is 0.0685 e. The van der Waals surface area contributed by atoms with Crippen LogP contribution in [0.3, 0.4) is 0 Å². The number of nitrogens with two attached hydrogens (primary N) is 1. The molecule has 2 atom stereocenters. The monoisotopic (exact) mass is 287 g/mol. The minimum atomic E-state index is 0.198. The van der Waals surface area contributed by atoms with Crippen LogP contribution in [0.5, 0.6) is 0 Å². The fraction of sp³-hybridized carbons (Fsp3) is 0.684. The number of hydrogen-bond donors (Lipinski definition) is 1. The molecule has 0 amide bonds. The van der Waals surface area contributed by atoms with Crippen LogP contribution in [0.1, 0.15) is 56.1 Å². The summed E-state index contributed by atoms with van der Waals surface area (Å²) in [6.45, 7) is 3.12. The van der Waals surface area contributed by atoms with Gasteiger partial charge < -0.3 is 10.5 Å². The molecule has 1 aliphatic heterocycles. The molecule has 1 aromatic carbocycles. The molecule has 1 spiro atoms. The Balaban J connectivity index is 1.55. The zero-order valence-corrected chi connectivity index (χ0v) is 13.3. The average molecular weight is 287 g/mol. The minimum absolute atomic E-state index is 0.198. The van der Waals surface area contributed by atoms with Crippen LogP contribution in [0.2, 0.25) is 0 Å². The topological polar surface area (TPSA) is 35.2 Å². The zero-order valence-electron chi connectivity index (χ0n) is 13.3. The van der Waals surface area contributed by atoms with Crippen molar-refractivity contribution in [1.82, 2.24) is 0 Å². The predicted octanol–water partition coefficient (Wildman–Crippen LogP) is 3.99. The van der Waals surface area contributed by atoms with Crippen molar-refractivity contribution >= 4 is 0 Å². The molecule has 0 bridgehead atoms. The van der Waals surface area contributed by atoms with Crippen molar-refractivity contribution in [1.29, 1.82) is 0 Å². The van der Waals surface area contributed by atoms with Crippen LogP contribution >= 0.6 is 0 Å². The van der Waals surface area contributed by atoms with Gasteiger partial charge in [-0.25, -0.2) is 0 Å². The Bertz CT molecular complexity index is 464. The van der Waals surface area contributed by atoms with E-state index in [9.17, 15) is 0 Å². The molecule has 2 N–H and O–H groups in total. The molecule has 1 aromatic rings. The van der Waals surface area contributed by atoms with Gasteiger partial charge in [0.05, 0.1) is 5.60 Å². The van der Waals surface area contributed by atoms with Gasteiger partial charge in [-0.3, -0.25) is 0 Å². The van der Waals surface area contributed by atoms with Crippen LogP contribution in [0, 0.1) is 12.8 Å². The van der Waals surface area contributed by atoms with Crippen molar-refractivity contribution in [3.05, 3.63) is 35.4 Å². The van der Waals surface area contributed by atoms with Crippen molar-refractivity contribution in [2.75, 3.05) is 6.61 Å². The molecule has 1 aliphatic carbocycles. The van der Waals surface area contributed by atoms with Gasteiger partial charge in [0.15, 0.2) is 0 Å². The maximum atomic E-state index is 6.54. The first kappa shape index (κ1) is 15.1. The van der Waals surface area contributed by atoms with Crippen LogP contribution in [-0.2, 0) is 11.2 Å². The highest BCUT2D eigenvalue weighted by atomic mass is 16.5. The second-order valence-corrected chi connectivity index (χ2v) is 7.12. The van der Waals surface area contributed by atoms with E-state index in [4.69, 9.17) is 10.5 Å². The van der Waals surface area contributed by atoms with Crippen molar-refractivity contribution in [3.8, 4) is 0 Å². The van der Waals surface area contributed by atoms with E-state index >= 15 is 0 Å². The van der Waals surface area contributed by atoms with Gasteiger partial charge in [-0.05, 0) is 62.5 Å². The van der Waals surface area contributed by atoms with Crippen LogP contribution in [-0.4, -0.2) is 18.2 Å². The maximum Gasteiger partial charge on any atom is 0.0685 e. The predicted molar refractivity (Wildman–Crippen MR) is 87.4 cm³/mol. The lowest BCUT2D eigenvalue weighted by atomic mass is 9.79. The molecule has 2 heteroatoms. The van der Waals surface area contributed by atoms with Gasteiger partial charge in [0, 0.05) is 12.6 Å². The van der Waals surface area contributed by atoms with E-state index in [2.05, 4.69) is 31.2 Å². The molecule has 1 saturated carbocycles. The molecule has 2 unspecified atom stereocenters. The minimum Gasteiger partial charge on any atom is -0.375 e. The fourth-order valence-corrected chi connectivity index (χ4v) is 4.25. The summed E-state index contributed by atoms with van der Waals surface area (Å²) in [5, 5.41) is 0. The number of aryl methyl sites for hydroxylation is 2. The Hall–Kier alpha value is -0.860. The molecule has 116 valence electrons. The molecule has 2 nitrogen and oxygen atoms in total. The number of hydrogen-bond acceptors (Lipinski definition) is 2. The normalized spacial score (nSPS) is 26.1. The maximum absolute atomic E-state index is 6.54. The lowest BCUT2D eigenvalue weighted by molar-refractivity contribution is -0.0964. The summed E-state index contributed by atoms with van der Waals surface area (Å²) in [6.07, 6.45) is 9.75. The van der Waals surface area contributed by atoms with Crippen molar-refractivity contribution < 1.29 is 4.74 Å². The first-order valence-electron chi connectivity index (χ1n) is 8.63. The van der Waals surface area contributed by atoms with Gasteiger partial charge in [0.2, 0.25) is 0 Å².